The van der Waals surface area contributed by atoms with E-state index in [0.717, 1.165) is 37.7 Å². The number of carbonyl (C=O) groups is 2. The van der Waals surface area contributed by atoms with Crippen LogP contribution in [0.4, 0.5) is 4.79 Å². The maximum Gasteiger partial charge on any atom is 0.316 e. The molecule has 2 amide bonds. The highest BCUT2D eigenvalue weighted by atomic mass is 16.5. The second kappa shape index (κ2) is 6.46. The Hall–Kier alpha value is -2.04. The fourth-order valence-corrected chi connectivity index (χ4v) is 4.00. The van der Waals surface area contributed by atoms with Crippen LogP contribution in [0, 0.1) is 13.8 Å². The summed E-state index contributed by atoms with van der Waals surface area (Å²) in [7, 11) is 0. The van der Waals surface area contributed by atoms with E-state index < -0.39 is 11.4 Å². The van der Waals surface area contributed by atoms with Gasteiger partial charge in [-0.05, 0) is 45.1 Å². The summed E-state index contributed by atoms with van der Waals surface area (Å²) in [4.78, 5) is 25.9. The minimum atomic E-state index is -0.507. The Morgan fingerprint density at radius 3 is 2.42 bits per heavy atom. The molecule has 0 radical (unpaired) electrons. The third-order valence-electron chi connectivity index (χ3n) is 5.44. The molecule has 1 aliphatic carbocycles. The molecular formula is C19H26N2O3. The summed E-state index contributed by atoms with van der Waals surface area (Å²) >= 11 is 0. The van der Waals surface area contributed by atoms with Crippen molar-refractivity contribution in [1.29, 1.82) is 0 Å². The van der Waals surface area contributed by atoms with Crippen LogP contribution in [-0.2, 0) is 14.9 Å². The lowest BCUT2D eigenvalue weighted by atomic mass is 9.64. The predicted molar refractivity (Wildman–Crippen MR) is 91.7 cm³/mol. The molecule has 0 unspecified atom stereocenters. The second-order valence-electron chi connectivity index (χ2n) is 7.24. The molecule has 2 fully saturated rings. The molecule has 1 heterocycles. The lowest BCUT2D eigenvalue weighted by Crippen LogP contribution is -2.46. The summed E-state index contributed by atoms with van der Waals surface area (Å²) in [6.07, 6.45) is 4.46. The number of ether oxygens (including phenoxy) is 1. The smallest absolute Gasteiger partial charge is 0.316 e. The first-order chi connectivity index (χ1) is 11.4. The number of urea groups is 1. The van der Waals surface area contributed by atoms with E-state index in [0.29, 0.717) is 6.54 Å². The quantitative estimate of drug-likeness (QED) is 0.863. The van der Waals surface area contributed by atoms with E-state index in [-0.39, 0.29) is 18.6 Å². The van der Waals surface area contributed by atoms with Crippen LogP contribution in [0.5, 0.6) is 0 Å². The van der Waals surface area contributed by atoms with Gasteiger partial charge >= 0.3 is 12.0 Å². The maximum atomic E-state index is 12.8. The fraction of sp³-hybridized carbons (Fsp3) is 0.579. The van der Waals surface area contributed by atoms with Gasteiger partial charge in [0.05, 0.1) is 11.5 Å². The molecule has 0 bridgehead atoms. The zero-order valence-corrected chi connectivity index (χ0v) is 14.5. The largest absolute Gasteiger partial charge is 0.463 e. The average Bonchev–Trinajstić information content (AvgIpc) is 2.91. The Labute approximate surface area is 143 Å². The zero-order valence-electron chi connectivity index (χ0n) is 14.5. The molecule has 1 aliphatic heterocycles. The number of aryl methyl sites for hydroxylation is 2. The lowest BCUT2D eigenvalue weighted by Gasteiger charge is -2.40. The predicted octanol–water partition coefficient (Wildman–Crippen LogP) is 2.81. The molecule has 1 saturated carbocycles. The van der Waals surface area contributed by atoms with Crippen LogP contribution in [0.15, 0.2) is 18.2 Å². The van der Waals surface area contributed by atoms with Crippen molar-refractivity contribution in [1.82, 2.24) is 4.90 Å². The Kier molecular flexibility index (Phi) is 4.52. The normalized spacial score (nSPS) is 22.1. The Balaban J connectivity index is 1.71. The van der Waals surface area contributed by atoms with E-state index in [2.05, 4.69) is 32.0 Å². The van der Waals surface area contributed by atoms with Crippen molar-refractivity contribution in [2.75, 3.05) is 13.2 Å². The third kappa shape index (κ3) is 2.99. The highest BCUT2D eigenvalue weighted by Gasteiger charge is 2.47. The summed E-state index contributed by atoms with van der Waals surface area (Å²) < 4.78 is 5.66. The van der Waals surface area contributed by atoms with Gasteiger partial charge in [-0.1, -0.05) is 35.7 Å². The van der Waals surface area contributed by atoms with Gasteiger partial charge in [-0.25, -0.2) is 4.79 Å². The summed E-state index contributed by atoms with van der Waals surface area (Å²) in [5.41, 5.74) is 8.28. The number of benzene rings is 1. The van der Waals surface area contributed by atoms with E-state index in [1.165, 1.54) is 11.1 Å². The summed E-state index contributed by atoms with van der Waals surface area (Å²) in [5, 5.41) is 0. The summed E-state index contributed by atoms with van der Waals surface area (Å²) in [5.74, 6) is -0.157. The summed E-state index contributed by atoms with van der Waals surface area (Å²) in [6, 6.07) is 5.80. The first kappa shape index (κ1) is 16.8. The highest BCUT2D eigenvalue weighted by Crippen LogP contribution is 2.45. The van der Waals surface area contributed by atoms with Crippen molar-refractivity contribution in [3.05, 3.63) is 34.9 Å². The van der Waals surface area contributed by atoms with Crippen LogP contribution < -0.4 is 5.73 Å². The zero-order chi connectivity index (χ0) is 17.3. The standard InChI is InChI=1S/C19H26N2O3/c1-13-9-14(2)11-15(10-13)19(6-4-7-19)17(22)24-12-16-5-3-8-21(16)18(20)23/h9-11,16H,3-8,12H2,1-2H3,(H2,20,23)/t16-/m0/s1. The number of hydrogen-bond donors (Lipinski definition) is 1. The van der Waals surface area contributed by atoms with E-state index in [1.54, 1.807) is 4.90 Å². The number of carbonyl (C=O) groups excluding carboxylic acids is 2. The molecule has 1 aromatic carbocycles. The van der Waals surface area contributed by atoms with Crippen molar-refractivity contribution in [2.24, 2.45) is 5.73 Å². The van der Waals surface area contributed by atoms with Gasteiger partial charge < -0.3 is 15.4 Å². The van der Waals surface area contributed by atoms with Gasteiger partial charge in [-0.3, -0.25) is 4.79 Å². The van der Waals surface area contributed by atoms with Gasteiger partial charge in [-0.15, -0.1) is 0 Å². The van der Waals surface area contributed by atoms with E-state index in [4.69, 9.17) is 10.5 Å². The van der Waals surface area contributed by atoms with Gasteiger partial charge in [0.25, 0.3) is 0 Å². The van der Waals surface area contributed by atoms with E-state index >= 15 is 0 Å². The fourth-order valence-electron chi connectivity index (χ4n) is 4.00. The molecule has 0 spiro atoms. The average molecular weight is 330 g/mol. The lowest BCUT2D eigenvalue weighted by molar-refractivity contribution is -0.155. The van der Waals surface area contributed by atoms with Gasteiger partial charge in [0.2, 0.25) is 0 Å². The van der Waals surface area contributed by atoms with Crippen molar-refractivity contribution in [3.63, 3.8) is 0 Å². The number of rotatable bonds is 4. The van der Waals surface area contributed by atoms with Crippen LogP contribution in [0.2, 0.25) is 0 Å². The number of amides is 2. The van der Waals surface area contributed by atoms with Crippen LogP contribution in [-0.4, -0.2) is 36.1 Å². The number of nitrogens with zero attached hydrogens (tertiary/aromatic N) is 1. The number of likely N-dealkylation sites (tertiary alicyclic amines) is 1. The number of nitrogens with two attached hydrogens (primary N) is 1. The molecule has 2 N–H and O–H groups in total. The molecule has 3 rings (SSSR count). The molecule has 24 heavy (non-hydrogen) atoms. The molecule has 5 nitrogen and oxygen atoms in total. The SMILES string of the molecule is Cc1cc(C)cc(C2(C(=O)OC[C@@H]3CCCN3C(N)=O)CCC2)c1. The Bertz CT molecular complexity index is 632. The van der Waals surface area contributed by atoms with Crippen LogP contribution in [0.25, 0.3) is 0 Å². The molecule has 2 aliphatic rings. The first-order valence-electron chi connectivity index (χ1n) is 8.74. The van der Waals surface area contributed by atoms with Gasteiger partial charge in [0.1, 0.15) is 6.61 Å². The minimum Gasteiger partial charge on any atom is -0.463 e. The molecule has 0 aromatic heterocycles. The van der Waals surface area contributed by atoms with E-state index in [9.17, 15) is 9.59 Å². The molecular weight excluding hydrogens is 304 g/mol. The van der Waals surface area contributed by atoms with Crippen LogP contribution >= 0.6 is 0 Å². The monoisotopic (exact) mass is 330 g/mol. The first-order valence-corrected chi connectivity index (χ1v) is 8.74. The summed E-state index contributed by atoms with van der Waals surface area (Å²) in [6.45, 7) is 5.00. The number of esters is 1. The molecule has 1 aromatic rings. The van der Waals surface area contributed by atoms with Crippen LogP contribution in [0.3, 0.4) is 0 Å². The molecule has 1 saturated heterocycles. The third-order valence-corrected chi connectivity index (χ3v) is 5.44. The Morgan fingerprint density at radius 1 is 1.21 bits per heavy atom. The van der Waals surface area contributed by atoms with Crippen LogP contribution in [0.1, 0.15) is 48.8 Å². The maximum absolute atomic E-state index is 12.8. The Morgan fingerprint density at radius 2 is 1.88 bits per heavy atom. The second-order valence-corrected chi connectivity index (χ2v) is 7.24. The minimum absolute atomic E-state index is 0.0807. The van der Waals surface area contributed by atoms with Gasteiger partial charge in [-0.2, -0.15) is 0 Å². The molecule has 1 atom stereocenters. The number of primary amides is 1. The highest BCUT2D eigenvalue weighted by molar-refractivity contribution is 5.84. The van der Waals surface area contributed by atoms with Crippen molar-refractivity contribution < 1.29 is 14.3 Å². The van der Waals surface area contributed by atoms with Crippen molar-refractivity contribution in [3.8, 4) is 0 Å². The van der Waals surface area contributed by atoms with Gasteiger partial charge in [0, 0.05) is 6.54 Å². The topological polar surface area (TPSA) is 72.6 Å². The van der Waals surface area contributed by atoms with Gasteiger partial charge in [0.15, 0.2) is 0 Å². The van der Waals surface area contributed by atoms with E-state index in [1.807, 2.05) is 0 Å². The molecule has 5 heteroatoms. The molecule has 130 valence electrons. The number of hydrogen-bond acceptors (Lipinski definition) is 3. The van der Waals surface area contributed by atoms with Crippen molar-refractivity contribution in [2.45, 2.75) is 57.4 Å². The van der Waals surface area contributed by atoms with Crippen molar-refractivity contribution >= 4 is 12.0 Å².